The van der Waals surface area contributed by atoms with Gasteiger partial charge in [0.1, 0.15) is 5.75 Å². The van der Waals surface area contributed by atoms with Gasteiger partial charge in [0.05, 0.1) is 12.7 Å². The van der Waals surface area contributed by atoms with Gasteiger partial charge in [0.2, 0.25) is 5.95 Å². The molecule has 0 radical (unpaired) electrons. The van der Waals surface area contributed by atoms with E-state index in [-0.39, 0.29) is 11.2 Å². The maximum atomic E-state index is 13.7. The van der Waals surface area contributed by atoms with Crippen LogP contribution in [0.5, 0.6) is 5.75 Å². The molecule has 2 aliphatic rings. The van der Waals surface area contributed by atoms with Gasteiger partial charge in [-0.3, -0.25) is 18.8 Å². The van der Waals surface area contributed by atoms with Crippen LogP contribution in [0.25, 0.3) is 11.1 Å². The van der Waals surface area contributed by atoms with Gasteiger partial charge in [0, 0.05) is 62.9 Å². The van der Waals surface area contributed by atoms with E-state index in [0.29, 0.717) is 24.4 Å². The van der Waals surface area contributed by atoms with Gasteiger partial charge in [-0.25, -0.2) is 14.8 Å². The fraction of sp³-hybridized carbons (Fsp3) is 0.481. The molecule has 2 aliphatic heterocycles. The second-order valence-corrected chi connectivity index (χ2v) is 9.45. The zero-order chi connectivity index (χ0) is 24.9. The highest BCUT2D eigenvalue weighted by Crippen LogP contribution is 2.31. The van der Waals surface area contributed by atoms with Crippen LogP contribution in [0, 0.1) is 0 Å². The van der Waals surface area contributed by atoms with Gasteiger partial charge in [0.25, 0.3) is 5.56 Å². The lowest BCUT2D eigenvalue weighted by Gasteiger charge is -2.34. The number of anilines is 1. The maximum absolute atomic E-state index is 13.7. The van der Waals surface area contributed by atoms with Crippen LogP contribution in [-0.4, -0.2) is 63.8 Å². The smallest absolute Gasteiger partial charge is 0.331 e. The number of nitrogens with zero attached hydrogens (tertiary/aromatic N) is 6. The lowest BCUT2D eigenvalue weighted by atomic mass is 9.98. The Morgan fingerprint density at radius 3 is 2.42 bits per heavy atom. The highest BCUT2D eigenvalue weighted by molar-refractivity contribution is 5.71. The molecule has 190 valence electrons. The Bertz CT molecular complexity index is 1300. The second kappa shape index (κ2) is 11.1. The summed E-state index contributed by atoms with van der Waals surface area (Å²) in [6, 6.07) is 9.43. The van der Waals surface area contributed by atoms with Gasteiger partial charge in [-0.2, -0.15) is 0 Å². The van der Waals surface area contributed by atoms with Crippen LogP contribution >= 0.6 is 0 Å². The molecule has 1 aromatic carbocycles. The third kappa shape index (κ3) is 4.93. The largest absolute Gasteiger partial charge is 0.496 e. The molecule has 1 fully saturated rings. The Kier molecular flexibility index (Phi) is 7.46. The Labute approximate surface area is 211 Å². The summed E-state index contributed by atoms with van der Waals surface area (Å²) >= 11 is 0. The van der Waals surface area contributed by atoms with E-state index in [1.165, 1.54) is 4.57 Å². The molecule has 0 spiro atoms. The van der Waals surface area contributed by atoms with Crippen molar-refractivity contribution in [2.75, 3.05) is 44.7 Å². The number of piperazine rings is 1. The van der Waals surface area contributed by atoms with Crippen molar-refractivity contribution in [3.8, 4) is 16.9 Å². The van der Waals surface area contributed by atoms with Gasteiger partial charge in [-0.15, -0.1) is 0 Å². The number of fused-ring (bicyclic) bond motifs is 1. The topological polar surface area (TPSA) is 85.5 Å². The third-order valence-corrected chi connectivity index (χ3v) is 7.27. The lowest BCUT2D eigenvalue weighted by molar-refractivity contribution is 0.249. The number of benzene rings is 1. The van der Waals surface area contributed by atoms with E-state index < -0.39 is 0 Å². The van der Waals surface area contributed by atoms with Crippen LogP contribution in [-0.2, 0) is 19.5 Å². The van der Waals surface area contributed by atoms with Gasteiger partial charge in [-0.05, 0) is 50.8 Å². The molecule has 0 N–H and O–H groups in total. The molecule has 0 bridgehead atoms. The first-order valence-corrected chi connectivity index (χ1v) is 12.9. The predicted octanol–water partition coefficient (Wildman–Crippen LogP) is 2.41. The number of hydrogen-bond acceptors (Lipinski definition) is 7. The van der Waals surface area contributed by atoms with E-state index in [9.17, 15) is 9.59 Å². The first kappa shape index (κ1) is 24.2. The molecule has 0 unspecified atom stereocenters. The van der Waals surface area contributed by atoms with E-state index in [4.69, 9.17) is 4.74 Å². The summed E-state index contributed by atoms with van der Waals surface area (Å²) in [5.74, 6) is 1.45. The van der Waals surface area contributed by atoms with E-state index in [1.807, 2.05) is 34.9 Å². The fourth-order valence-corrected chi connectivity index (χ4v) is 5.34. The molecular formula is C27H34N6O3. The quantitative estimate of drug-likeness (QED) is 0.448. The molecule has 36 heavy (non-hydrogen) atoms. The van der Waals surface area contributed by atoms with Gasteiger partial charge < -0.3 is 9.64 Å². The van der Waals surface area contributed by atoms with Crippen molar-refractivity contribution in [1.29, 1.82) is 0 Å². The zero-order valence-corrected chi connectivity index (χ0v) is 20.9. The van der Waals surface area contributed by atoms with Gasteiger partial charge in [-0.1, -0.05) is 18.2 Å². The summed E-state index contributed by atoms with van der Waals surface area (Å²) in [5.41, 5.74) is 1.85. The van der Waals surface area contributed by atoms with Crippen LogP contribution in [0.4, 0.5) is 5.95 Å². The Morgan fingerprint density at radius 2 is 1.64 bits per heavy atom. The van der Waals surface area contributed by atoms with Crippen LogP contribution in [0.2, 0.25) is 0 Å². The van der Waals surface area contributed by atoms with Crippen molar-refractivity contribution in [2.24, 2.45) is 0 Å². The van der Waals surface area contributed by atoms with Crippen molar-refractivity contribution in [2.45, 2.75) is 45.2 Å². The molecule has 0 saturated carbocycles. The highest BCUT2D eigenvalue weighted by atomic mass is 16.5. The number of unbranched alkanes of at least 4 members (excludes halogenated alkanes) is 1. The van der Waals surface area contributed by atoms with Crippen molar-refractivity contribution in [3.05, 3.63) is 69.3 Å². The number of hydrogen-bond donors (Lipinski definition) is 0. The molecule has 9 heteroatoms. The van der Waals surface area contributed by atoms with E-state index >= 15 is 0 Å². The van der Waals surface area contributed by atoms with Crippen LogP contribution in [0.1, 0.15) is 31.4 Å². The molecule has 0 amide bonds. The lowest BCUT2D eigenvalue weighted by Crippen LogP contribution is -2.47. The monoisotopic (exact) mass is 490 g/mol. The molecule has 9 nitrogen and oxygen atoms in total. The van der Waals surface area contributed by atoms with Gasteiger partial charge in [0.15, 0.2) is 0 Å². The Hall–Kier alpha value is -3.46. The predicted molar refractivity (Wildman–Crippen MR) is 140 cm³/mol. The first-order valence-electron chi connectivity index (χ1n) is 12.9. The first-order chi connectivity index (χ1) is 17.7. The van der Waals surface area contributed by atoms with Crippen LogP contribution in [0.3, 0.4) is 0 Å². The Balaban J connectivity index is 1.27. The van der Waals surface area contributed by atoms with Crippen molar-refractivity contribution < 1.29 is 4.74 Å². The molecule has 1 saturated heterocycles. The molecule has 3 aromatic rings. The van der Waals surface area contributed by atoms with E-state index in [1.54, 1.807) is 19.5 Å². The summed E-state index contributed by atoms with van der Waals surface area (Å²) in [4.78, 5) is 40.3. The minimum atomic E-state index is -0.200. The normalized spacial score (nSPS) is 16.1. The highest BCUT2D eigenvalue weighted by Gasteiger charge is 2.24. The number of rotatable bonds is 8. The van der Waals surface area contributed by atoms with Crippen LogP contribution in [0.15, 0.2) is 52.3 Å². The van der Waals surface area contributed by atoms with E-state index in [2.05, 4.69) is 19.8 Å². The zero-order valence-electron chi connectivity index (χ0n) is 20.9. The van der Waals surface area contributed by atoms with Crippen LogP contribution < -0.4 is 20.9 Å². The molecule has 4 heterocycles. The summed E-state index contributed by atoms with van der Waals surface area (Å²) in [6.45, 7) is 5.75. The summed E-state index contributed by atoms with van der Waals surface area (Å²) in [6.07, 6.45) is 7.93. The second-order valence-electron chi connectivity index (χ2n) is 9.45. The summed E-state index contributed by atoms with van der Waals surface area (Å²) in [5, 5.41) is 0. The minimum Gasteiger partial charge on any atom is -0.496 e. The SMILES string of the molecule is COc1ccccc1-c1c2n(c(=O)n(CCCCN3CCN(c4ncccn4)CC3)c1=O)CCCC2. The number of methoxy groups -OCH3 is 1. The molecular weight excluding hydrogens is 456 g/mol. The molecule has 0 atom stereocenters. The summed E-state index contributed by atoms with van der Waals surface area (Å²) in [7, 11) is 1.62. The average molecular weight is 491 g/mol. The maximum Gasteiger partial charge on any atom is 0.331 e. The van der Waals surface area contributed by atoms with Crippen molar-refractivity contribution >= 4 is 5.95 Å². The molecule has 2 aromatic heterocycles. The number of aromatic nitrogens is 4. The standard InChI is InChI=1S/C27H34N6O3/c1-36-23-11-3-2-9-21(23)24-22-10-4-5-15-32(22)27(35)33(25(24)34)16-7-6-14-30-17-19-31(20-18-30)26-28-12-8-13-29-26/h2-3,8-9,11-13H,4-7,10,14-20H2,1H3. The average Bonchev–Trinajstić information content (AvgIpc) is 2.94. The third-order valence-electron chi connectivity index (χ3n) is 7.27. The van der Waals surface area contributed by atoms with Crippen molar-refractivity contribution in [1.82, 2.24) is 24.0 Å². The summed E-state index contributed by atoms with van der Waals surface area (Å²) < 4.78 is 8.83. The number of ether oxygens (including phenoxy) is 1. The molecule has 5 rings (SSSR count). The van der Waals surface area contributed by atoms with Gasteiger partial charge >= 0.3 is 5.69 Å². The fourth-order valence-electron chi connectivity index (χ4n) is 5.34. The van der Waals surface area contributed by atoms with E-state index in [0.717, 1.165) is 82.0 Å². The molecule has 0 aliphatic carbocycles. The Morgan fingerprint density at radius 1 is 0.889 bits per heavy atom. The minimum absolute atomic E-state index is 0.176. The van der Waals surface area contributed by atoms with Crippen molar-refractivity contribution in [3.63, 3.8) is 0 Å². The number of para-hydroxylation sites is 1.